The molecule has 78 valence electrons. The fraction of sp³-hybridized carbons (Fsp3) is 0.100. The second-order valence-corrected chi connectivity index (χ2v) is 3.88. The molecule has 3 N–H and O–H groups in total. The van der Waals surface area contributed by atoms with Crippen LogP contribution in [-0.2, 0) is 0 Å². The minimum absolute atomic E-state index is 0.165. The molecule has 1 heterocycles. The highest BCUT2D eigenvalue weighted by molar-refractivity contribution is 7.98. The van der Waals surface area contributed by atoms with Crippen molar-refractivity contribution >= 4 is 17.6 Å². The van der Waals surface area contributed by atoms with Gasteiger partial charge in [0, 0.05) is 11.0 Å². The number of nitrogens with two attached hydrogens (primary N) is 1. The largest absolute Gasteiger partial charge is 0.507 e. The van der Waals surface area contributed by atoms with Crippen molar-refractivity contribution in [2.24, 2.45) is 0 Å². The monoisotopic (exact) mass is 222 g/mol. The van der Waals surface area contributed by atoms with Crippen molar-refractivity contribution in [1.29, 1.82) is 0 Å². The molecule has 0 saturated heterocycles. The number of phenolic OH excluding ortho intramolecular Hbond substituents is 1. The van der Waals surface area contributed by atoms with Crippen LogP contribution in [-0.4, -0.2) is 16.5 Å². The Kier molecular flexibility index (Phi) is 2.55. The molecule has 0 unspecified atom stereocenters. The zero-order valence-electron chi connectivity index (χ0n) is 8.10. The normalized spacial score (nSPS) is 10.5. The van der Waals surface area contributed by atoms with Gasteiger partial charge in [-0.15, -0.1) is 11.8 Å². The van der Waals surface area contributed by atoms with E-state index < -0.39 is 0 Å². The molecule has 5 heteroatoms. The van der Waals surface area contributed by atoms with Crippen molar-refractivity contribution < 1.29 is 9.63 Å². The maximum absolute atomic E-state index is 9.74. The summed E-state index contributed by atoms with van der Waals surface area (Å²) in [6.07, 6.45) is 1.95. The Bertz CT molecular complexity index is 482. The minimum Gasteiger partial charge on any atom is -0.507 e. The molecular weight excluding hydrogens is 212 g/mol. The van der Waals surface area contributed by atoms with E-state index in [-0.39, 0.29) is 5.75 Å². The van der Waals surface area contributed by atoms with Crippen LogP contribution >= 0.6 is 11.8 Å². The predicted octanol–water partition coefficient (Wildman–Crippen LogP) is 2.35. The van der Waals surface area contributed by atoms with E-state index in [1.807, 2.05) is 12.3 Å². The third-order valence-electron chi connectivity index (χ3n) is 2.00. The number of phenols is 1. The summed E-state index contributed by atoms with van der Waals surface area (Å²) in [5.74, 6) is 0.939. The number of aromatic nitrogens is 1. The van der Waals surface area contributed by atoms with E-state index in [1.165, 1.54) is 0 Å². The van der Waals surface area contributed by atoms with Gasteiger partial charge < -0.3 is 15.4 Å². The molecule has 0 aliphatic heterocycles. The van der Waals surface area contributed by atoms with E-state index in [1.54, 1.807) is 30.0 Å². The quantitative estimate of drug-likeness (QED) is 0.763. The van der Waals surface area contributed by atoms with Crippen molar-refractivity contribution in [2.75, 3.05) is 12.0 Å². The molecular formula is C10H10N2O2S. The first-order chi connectivity index (χ1) is 7.20. The lowest BCUT2D eigenvalue weighted by Gasteiger charge is -2.02. The second-order valence-electron chi connectivity index (χ2n) is 3.00. The molecule has 0 spiro atoms. The molecule has 0 bridgehead atoms. The number of aromatic hydroxyl groups is 1. The Hall–Kier alpha value is -1.62. The van der Waals surface area contributed by atoms with Crippen molar-refractivity contribution in [2.45, 2.75) is 4.90 Å². The van der Waals surface area contributed by atoms with Crippen molar-refractivity contribution in [3.05, 3.63) is 24.3 Å². The van der Waals surface area contributed by atoms with Crippen LogP contribution in [0, 0.1) is 0 Å². The Balaban J connectivity index is 2.45. The lowest BCUT2D eigenvalue weighted by atomic mass is 10.1. The summed E-state index contributed by atoms with van der Waals surface area (Å²) in [6, 6.07) is 6.94. The Morgan fingerprint density at radius 2 is 2.20 bits per heavy atom. The molecule has 2 rings (SSSR count). The predicted molar refractivity (Wildman–Crippen MR) is 59.8 cm³/mol. The zero-order valence-corrected chi connectivity index (χ0v) is 8.91. The SMILES string of the molecule is CSc1ccc(-c2cc(N)no2)c(O)c1. The number of benzene rings is 1. The van der Waals surface area contributed by atoms with E-state index in [2.05, 4.69) is 5.16 Å². The van der Waals surface area contributed by atoms with Crippen LogP contribution in [0.4, 0.5) is 5.82 Å². The summed E-state index contributed by atoms with van der Waals surface area (Å²) in [5, 5.41) is 13.3. The summed E-state index contributed by atoms with van der Waals surface area (Å²) in [5.41, 5.74) is 6.03. The fourth-order valence-electron chi connectivity index (χ4n) is 1.26. The highest BCUT2D eigenvalue weighted by atomic mass is 32.2. The molecule has 0 atom stereocenters. The summed E-state index contributed by atoms with van der Waals surface area (Å²) in [7, 11) is 0. The number of nitrogens with zero attached hydrogens (tertiary/aromatic N) is 1. The van der Waals surface area contributed by atoms with Gasteiger partial charge in [-0.2, -0.15) is 0 Å². The van der Waals surface area contributed by atoms with Crippen LogP contribution in [0.5, 0.6) is 5.75 Å². The lowest BCUT2D eigenvalue weighted by Crippen LogP contribution is -1.80. The smallest absolute Gasteiger partial charge is 0.172 e. The van der Waals surface area contributed by atoms with Crippen LogP contribution < -0.4 is 5.73 Å². The average Bonchev–Trinajstić information content (AvgIpc) is 2.64. The number of hydrogen-bond donors (Lipinski definition) is 2. The summed E-state index contributed by atoms with van der Waals surface area (Å²) in [4.78, 5) is 0.990. The fourth-order valence-corrected chi connectivity index (χ4v) is 1.70. The summed E-state index contributed by atoms with van der Waals surface area (Å²) in [6.45, 7) is 0. The Morgan fingerprint density at radius 1 is 1.40 bits per heavy atom. The van der Waals surface area contributed by atoms with Gasteiger partial charge in [-0.05, 0) is 24.5 Å². The van der Waals surface area contributed by atoms with Crippen molar-refractivity contribution in [1.82, 2.24) is 5.16 Å². The van der Waals surface area contributed by atoms with Crippen molar-refractivity contribution in [3.63, 3.8) is 0 Å². The van der Waals surface area contributed by atoms with E-state index in [9.17, 15) is 5.11 Å². The molecule has 0 radical (unpaired) electrons. The molecule has 15 heavy (non-hydrogen) atoms. The van der Waals surface area contributed by atoms with E-state index in [0.717, 1.165) is 4.90 Å². The van der Waals surface area contributed by atoms with Crippen LogP contribution in [0.2, 0.25) is 0 Å². The van der Waals surface area contributed by atoms with E-state index >= 15 is 0 Å². The second kappa shape index (κ2) is 3.86. The number of nitrogen functional groups attached to an aromatic ring is 1. The number of rotatable bonds is 2. The molecule has 2 aromatic rings. The zero-order chi connectivity index (χ0) is 10.8. The van der Waals surface area contributed by atoms with Gasteiger partial charge in [0.1, 0.15) is 5.75 Å². The molecule has 1 aromatic carbocycles. The first-order valence-corrected chi connectivity index (χ1v) is 5.53. The standard InChI is InChI=1S/C10H10N2O2S/c1-15-6-2-3-7(8(13)4-6)9-5-10(11)12-14-9/h2-5,13H,1H3,(H2,11,12). The maximum Gasteiger partial charge on any atom is 0.172 e. The number of thioether (sulfide) groups is 1. The molecule has 1 aromatic heterocycles. The Morgan fingerprint density at radius 3 is 2.73 bits per heavy atom. The first kappa shape index (κ1) is 9.92. The molecule has 0 aliphatic rings. The van der Waals surface area contributed by atoms with Gasteiger partial charge in [-0.3, -0.25) is 0 Å². The average molecular weight is 222 g/mol. The van der Waals surface area contributed by atoms with Gasteiger partial charge >= 0.3 is 0 Å². The maximum atomic E-state index is 9.74. The first-order valence-electron chi connectivity index (χ1n) is 4.30. The van der Waals surface area contributed by atoms with Crippen molar-refractivity contribution in [3.8, 4) is 17.1 Å². The van der Waals surface area contributed by atoms with Gasteiger partial charge in [0.05, 0.1) is 5.56 Å². The van der Waals surface area contributed by atoms with Gasteiger partial charge in [-0.25, -0.2) is 0 Å². The molecule has 0 fully saturated rings. The summed E-state index contributed by atoms with van der Waals surface area (Å²) >= 11 is 1.56. The molecule has 4 nitrogen and oxygen atoms in total. The van der Waals surface area contributed by atoms with Gasteiger partial charge in [-0.1, -0.05) is 5.16 Å². The van der Waals surface area contributed by atoms with Gasteiger partial charge in [0.25, 0.3) is 0 Å². The molecule has 0 amide bonds. The Labute approximate surface area is 91.1 Å². The highest BCUT2D eigenvalue weighted by Crippen LogP contribution is 2.32. The molecule has 0 aliphatic carbocycles. The van der Waals surface area contributed by atoms with E-state index in [4.69, 9.17) is 10.3 Å². The van der Waals surface area contributed by atoms with Crippen LogP contribution in [0.1, 0.15) is 0 Å². The van der Waals surface area contributed by atoms with Crippen LogP contribution in [0.3, 0.4) is 0 Å². The third kappa shape index (κ3) is 1.92. The highest BCUT2D eigenvalue weighted by Gasteiger charge is 2.09. The van der Waals surface area contributed by atoms with E-state index in [0.29, 0.717) is 17.1 Å². The lowest BCUT2D eigenvalue weighted by molar-refractivity contribution is 0.429. The summed E-state index contributed by atoms with van der Waals surface area (Å²) < 4.78 is 4.96. The van der Waals surface area contributed by atoms with Gasteiger partial charge in [0.15, 0.2) is 11.6 Å². The topological polar surface area (TPSA) is 72.3 Å². The van der Waals surface area contributed by atoms with Gasteiger partial charge in [0.2, 0.25) is 0 Å². The van der Waals surface area contributed by atoms with Crippen LogP contribution in [0.25, 0.3) is 11.3 Å². The number of hydrogen-bond acceptors (Lipinski definition) is 5. The van der Waals surface area contributed by atoms with Crippen LogP contribution in [0.15, 0.2) is 33.7 Å². The minimum atomic E-state index is 0.165. The molecule has 0 saturated carbocycles. The third-order valence-corrected chi connectivity index (χ3v) is 2.72. The number of anilines is 1.